The van der Waals surface area contributed by atoms with Crippen LogP contribution >= 0.6 is 38.5 Å². The van der Waals surface area contributed by atoms with Crippen LogP contribution in [0.1, 0.15) is 26.3 Å². The van der Waals surface area contributed by atoms with E-state index in [-0.39, 0.29) is 5.54 Å². The number of nitrogens with zero attached hydrogens (tertiary/aromatic N) is 1. The number of hydrogen-bond donors (Lipinski definition) is 0. The molecular weight excluding hydrogens is 353 g/mol. The first-order valence-corrected chi connectivity index (χ1v) is 6.26. The van der Waals surface area contributed by atoms with E-state index in [2.05, 4.69) is 76.4 Å². The van der Waals surface area contributed by atoms with E-state index in [1.807, 2.05) is 12.3 Å². The molecule has 0 atom stereocenters. The second-order valence-corrected chi connectivity index (χ2v) is 6.17. The molecule has 0 aliphatic rings. The highest BCUT2D eigenvalue weighted by Crippen LogP contribution is 2.17. The highest BCUT2D eigenvalue weighted by atomic mass is 127. The van der Waals surface area contributed by atoms with Crippen molar-refractivity contribution in [3.8, 4) is 0 Å². The summed E-state index contributed by atoms with van der Waals surface area (Å²) in [6.07, 6.45) is 1.94. The summed E-state index contributed by atoms with van der Waals surface area (Å²) in [7, 11) is 0. The first kappa shape index (κ1) is 12.2. The number of halogens is 2. The minimum absolute atomic E-state index is 0.00853. The normalized spacial score (nSPS) is 12.4. The molecule has 0 heterocycles. The summed E-state index contributed by atoms with van der Waals surface area (Å²) in [6, 6.07) is 6.20. The Morgan fingerprint density at radius 1 is 1.36 bits per heavy atom. The molecule has 0 spiro atoms. The lowest BCUT2D eigenvalue weighted by Crippen LogP contribution is -2.09. The molecule has 0 saturated heterocycles. The van der Waals surface area contributed by atoms with Gasteiger partial charge in [0.1, 0.15) is 0 Å². The standard InChI is InChI=1S/C11H13BrIN/c1-11(2,3)14-7-8-6-9(12)4-5-10(8)13/h4-7H,1-3H3. The molecule has 0 N–H and O–H groups in total. The van der Waals surface area contributed by atoms with Crippen molar-refractivity contribution < 1.29 is 0 Å². The molecule has 1 nitrogen and oxygen atoms in total. The van der Waals surface area contributed by atoms with E-state index < -0.39 is 0 Å². The van der Waals surface area contributed by atoms with Gasteiger partial charge in [-0.2, -0.15) is 0 Å². The minimum atomic E-state index is -0.00853. The first-order valence-electron chi connectivity index (χ1n) is 4.39. The van der Waals surface area contributed by atoms with Gasteiger partial charge < -0.3 is 0 Å². The van der Waals surface area contributed by atoms with Gasteiger partial charge in [-0.1, -0.05) is 15.9 Å². The second kappa shape index (κ2) is 4.75. The van der Waals surface area contributed by atoms with Gasteiger partial charge in [0.05, 0.1) is 5.54 Å². The van der Waals surface area contributed by atoms with Crippen molar-refractivity contribution in [1.82, 2.24) is 0 Å². The SMILES string of the molecule is CC(C)(C)N=Cc1cc(Br)ccc1I. The average Bonchev–Trinajstić information content (AvgIpc) is 2.05. The van der Waals surface area contributed by atoms with E-state index in [0.29, 0.717) is 0 Å². The maximum absolute atomic E-state index is 4.48. The zero-order valence-corrected chi connectivity index (χ0v) is 12.3. The van der Waals surface area contributed by atoms with Crippen molar-refractivity contribution in [1.29, 1.82) is 0 Å². The fraction of sp³-hybridized carbons (Fsp3) is 0.364. The van der Waals surface area contributed by atoms with E-state index in [4.69, 9.17) is 0 Å². The Morgan fingerprint density at radius 3 is 2.57 bits per heavy atom. The highest BCUT2D eigenvalue weighted by Gasteiger charge is 2.05. The van der Waals surface area contributed by atoms with Crippen LogP contribution in [-0.4, -0.2) is 11.8 Å². The third kappa shape index (κ3) is 4.09. The molecule has 0 fully saturated rings. The maximum atomic E-state index is 4.48. The second-order valence-electron chi connectivity index (χ2n) is 4.09. The van der Waals surface area contributed by atoms with Gasteiger partial charge in [0.2, 0.25) is 0 Å². The van der Waals surface area contributed by atoms with Crippen molar-refractivity contribution in [2.75, 3.05) is 0 Å². The summed E-state index contributed by atoms with van der Waals surface area (Å²) in [6.45, 7) is 6.27. The highest BCUT2D eigenvalue weighted by molar-refractivity contribution is 14.1. The van der Waals surface area contributed by atoms with Gasteiger partial charge in [-0.05, 0) is 61.6 Å². The Kier molecular flexibility index (Phi) is 4.13. The zero-order chi connectivity index (χ0) is 10.8. The summed E-state index contributed by atoms with van der Waals surface area (Å²) in [4.78, 5) is 4.48. The van der Waals surface area contributed by atoms with Gasteiger partial charge in [0.25, 0.3) is 0 Å². The van der Waals surface area contributed by atoms with E-state index in [0.717, 1.165) is 10.0 Å². The third-order valence-corrected chi connectivity index (χ3v) is 3.02. The Labute approximate surface area is 107 Å². The van der Waals surface area contributed by atoms with Gasteiger partial charge in [0.15, 0.2) is 0 Å². The number of aliphatic imine (C=N–C) groups is 1. The fourth-order valence-corrected chi connectivity index (χ4v) is 1.73. The predicted molar refractivity (Wildman–Crippen MR) is 74.2 cm³/mol. The van der Waals surface area contributed by atoms with Crippen LogP contribution in [0.5, 0.6) is 0 Å². The molecule has 0 saturated carbocycles. The first-order chi connectivity index (χ1) is 6.38. The molecule has 0 aliphatic heterocycles. The summed E-state index contributed by atoms with van der Waals surface area (Å²) >= 11 is 5.77. The van der Waals surface area contributed by atoms with Crippen LogP contribution in [0.2, 0.25) is 0 Å². The molecular formula is C11H13BrIN. The van der Waals surface area contributed by atoms with E-state index in [9.17, 15) is 0 Å². The van der Waals surface area contributed by atoms with Crippen molar-refractivity contribution >= 4 is 44.7 Å². The summed E-state index contributed by atoms with van der Waals surface area (Å²) in [5.41, 5.74) is 1.15. The molecule has 76 valence electrons. The van der Waals surface area contributed by atoms with Crippen LogP contribution in [-0.2, 0) is 0 Å². The Bertz CT molecular complexity index is 353. The van der Waals surface area contributed by atoms with Crippen LogP contribution in [0, 0.1) is 3.57 Å². The molecule has 0 aliphatic carbocycles. The third-order valence-electron chi connectivity index (χ3n) is 1.55. The Morgan fingerprint density at radius 2 is 2.00 bits per heavy atom. The molecule has 1 rings (SSSR count). The molecule has 0 aromatic heterocycles. The van der Waals surface area contributed by atoms with E-state index in [1.165, 1.54) is 3.57 Å². The van der Waals surface area contributed by atoms with Crippen LogP contribution in [0.25, 0.3) is 0 Å². The van der Waals surface area contributed by atoms with Crippen LogP contribution < -0.4 is 0 Å². The summed E-state index contributed by atoms with van der Waals surface area (Å²) in [5, 5.41) is 0. The summed E-state index contributed by atoms with van der Waals surface area (Å²) < 4.78 is 2.31. The molecule has 1 aromatic carbocycles. The molecule has 0 bridgehead atoms. The summed E-state index contributed by atoms with van der Waals surface area (Å²) in [5.74, 6) is 0. The number of benzene rings is 1. The largest absolute Gasteiger partial charge is 0.287 e. The van der Waals surface area contributed by atoms with Gasteiger partial charge in [-0.25, -0.2) is 0 Å². The smallest absolute Gasteiger partial charge is 0.0524 e. The predicted octanol–water partition coefficient (Wildman–Crippen LogP) is 4.27. The Hall–Kier alpha value is 0.1000. The van der Waals surface area contributed by atoms with E-state index in [1.54, 1.807) is 0 Å². The molecule has 3 heteroatoms. The van der Waals surface area contributed by atoms with Crippen molar-refractivity contribution in [2.24, 2.45) is 4.99 Å². The number of rotatable bonds is 1. The van der Waals surface area contributed by atoms with Gasteiger partial charge >= 0.3 is 0 Å². The molecule has 1 aromatic rings. The van der Waals surface area contributed by atoms with Gasteiger partial charge in [-0.15, -0.1) is 0 Å². The van der Waals surface area contributed by atoms with Gasteiger partial charge in [-0.3, -0.25) is 4.99 Å². The molecule has 14 heavy (non-hydrogen) atoms. The zero-order valence-electron chi connectivity index (χ0n) is 8.51. The number of hydrogen-bond acceptors (Lipinski definition) is 1. The lowest BCUT2D eigenvalue weighted by atomic mass is 10.1. The quantitative estimate of drug-likeness (QED) is 0.520. The molecule has 0 unspecified atom stereocenters. The van der Waals surface area contributed by atoms with E-state index >= 15 is 0 Å². The van der Waals surface area contributed by atoms with Crippen LogP contribution in [0.15, 0.2) is 27.7 Å². The van der Waals surface area contributed by atoms with Crippen molar-refractivity contribution in [3.05, 3.63) is 31.8 Å². The lowest BCUT2D eigenvalue weighted by molar-refractivity contribution is 0.586. The topological polar surface area (TPSA) is 12.4 Å². The average molecular weight is 366 g/mol. The van der Waals surface area contributed by atoms with Crippen molar-refractivity contribution in [3.63, 3.8) is 0 Å². The van der Waals surface area contributed by atoms with Crippen molar-refractivity contribution in [2.45, 2.75) is 26.3 Å². The maximum Gasteiger partial charge on any atom is 0.0524 e. The van der Waals surface area contributed by atoms with Crippen LogP contribution in [0.4, 0.5) is 0 Å². The minimum Gasteiger partial charge on any atom is -0.287 e. The fourth-order valence-electron chi connectivity index (χ4n) is 0.877. The monoisotopic (exact) mass is 365 g/mol. The van der Waals surface area contributed by atoms with Crippen LogP contribution in [0.3, 0.4) is 0 Å². The lowest BCUT2D eigenvalue weighted by Gasteiger charge is -2.11. The Balaban J connectivity index is 2.97. The molecule has 0 radical (unpaired) electrons. The molecule has 0 amide bonds. The van der Waals surface area contributed by atoms with Gasteiger partial charge in [0, 0.05) is 19.8 Å².